The molecule has 5 nitrogen and oxygen atoms in total. The monoisotopic (exact) mass is 268 g/mol. The second kappa shape index (κ2) is 5.26. The van der Waals surface area contributed by atoms with E-state index >= 15 is 0 Å². The first kappa shape index (κ1) is 13.3. The number of hydrogen-bond donors (Lipinski definition) is 1. The van der Waals surface area contributed by atoms with Crippen LogP contribution in [0.25, 0.3) is 0 Å². The molecule has 0 aromatic heterocycles. The smallest absolute Gasteiger partial charge is 0.377 e. The second-order valence-corrected chi connectivity index (χ2v) is 4.19. The Kier molecular flexibility index (Phi) is 3.69. The molecule has 0 fully saturated rings. The number of carboxylic acid groups (broad SMARTS) is 1. The number of rotatable bonds is 3. The third-order valence-corrected chi connectivity index (χ3v) is 2.79. The van der Waals surface area contributed by atoms with E-state index in [1.165, 1.54) is 19.1 Å². The SMILES string of the molecule is CC(F)c1cc2c(cc1C(=O)C(=O)O)OCCCO2. The van der Waals surface area contributed by atoms with Crippen molar-refractivity contribution in [1.82, 2.24) is 0 Å². The van der Waals surface area contributed by atoms with Gasteiger partial charge in [-0.15, -0.1) is 0 Å². The largest absolute Gasteiger partial charge is 0.490 e. The molecule has 0 radical (unpaired) electrons. The van der Waals surface area contributed by atoms with Crippen LogP contribution in [0.2, 0.25) is 0 Å². The molecule has 0 saturated carbocycles. The van der Waals surface area contributed by atoms with Gasteiger partial charge >= 0.3 is 5.97 Å². The fourth-order valence-electron chi connectivity index (χ4n) is 1.87. The van der Waals surface area contributed by atoms with E-state index in [1.54, 1.807) is 0 Å². The molecular weight excluding hydrogens is 255 g/mol. The van der Waals surface area contributed by atoms with Crippen molar-refractivity contribution < 1.29 is 28.6 Å². The summed E-state index contributed by atoms with van der Waals surface area (Å²) < 4.78 is 24.3. The lowest BCUT2D eigenvalue weighted by Crippen LogP contribution is -2.15. The second-order valence-electron chi connectivity index (χ2n) is 4.19. The number of halogens is 1. The molecule has 2 rings (SSSR count). The van der Waals surface area contributed by atoms with E-state index in [0.29, 0.717) is 25.4 Å². The average Bonchev–Trinajstić information content (AvgIpc) is 2.60. The predicted octanol–water partition coefficient (Wildman–Crippen LogP) is 2.15. The van der Waals surface area contributed by atoms with Crippen LogP contribution in [0.3, 0.4) is 0 Å². The molecule has 1 aromatic carbocycles. The summed E-state index contributed by atoms with van der Waals surface area (Å²) >= 11 is 0. The number of ketones is 1. The first-order valence-corrected chi connectivity index (χ1v) is 5.86. The molecule has 1 aliphatic rings. The fraction of sp³-hybridized carbons (Fsp3) is 0.385. The number of Topliss-reactive ketones (excluding diaryl/α,β-unsaturated/α-hetero) is 1. The van der Waals surface area contributed by atoms with Crippen molar-refractivity contribution in [2.45, 2.75) is 19.5 Å². The average molecular weight is 268 g/mol. The molecule has 1 atom stereocenters. The number of aliphatic carboxylic acids is 1. The van der Waals surface area contributed by atoms with Crippen LogP contribution in [0.15, 0.2) is 12.1 Å². The van der Waals surface area contributed by atoms with E-state index in [1.807, 2.05) is 0 Å². The molecule has 1 aromatic rings. The van der Waals surface area contributed by atoms with Crippen LogP contribution in [0, 0.1) is 0 Å². The van der Waals surface area contributed by atoms with E-state index in [-0.39, 0.29) is 16.9 Å². The quantitative estimate of drug-likeness (QED) is 0.671. The third kappa shape index (κ3) is 2.67. The lowest BCUT2D eigenvalue weighted by molar-refractivity contribution is -0.131. The van der Waals surface area contributed by atoms with E-state index in [2.05, 4.69) is 0 Å². The summed E-state index contributed by atoms with van der Waals surface area (Å²) in [5.74, 6) is -2.18. The minimum atomic E-state index is -1.63. The van der Waals surface area contributed by atoms with Crippen LogP contribution >= 0.6 is 0 Å². The van der Waals surface area contributed by atoms with E-state index in [0.717, 1.165) is 0 Å². The highest BCUT2D eigenvalue weighted by atomic mass is 19.1. The van der Waals surface area contributed by atoms with Gasteiger partial charge in [-0.25, -0.2) is 9.18 Å². The minimum absolute atomic E-state index is 0.00310. The van der Waals surface area contributed by atoms with Crippen LogP contribution in [-0.4, -0.2) is 30.1 Å². The van der Waals surface area contributed by atoms with Gasteiger partial charge < -0.3 is 14.6 Å². The van der Waals surface area contributed by atoms with Gasteiger partial charge in [-0.1, -0.05) is 0 Å². The summed E-state index contributed by atoms with van der Waals surface area (Å²) in [4.78, 5) is 22.3. The molecule has 0 aliphatic carbocycles. The Hall–Kier alpha value is -2.11. The van der Waals surface area contributed by atoms with Gasteiger partial charge in [-0.2, -0.15) is 0 Å². The first-order valence-electron chi connectivity index (χ1n) is 5.86. The number of alkyl halides is 1. The summed E-state index contributed by atoms with van der Waals surface area (Å²) in [7, 11) is 0. The van der Waals surface area contributed by atoms with E-state index < -0.39 is 17.9 Å². The first-order chi connectivity index (χ1) is 9.00. The van der Waals surface area contributed by atoms with Crippen molar-refractivity contribution in [2.24, 2.45) is 0 Å². The summed E-state index contributed by atoms with van der Waals surface area (Å²) in [6.45, 7) is 2.06. The molecule has 1 unspecified atom stereocenters. The molecule has 0 amide bonds. The summed E-state index contributed by atoms with van der Waals surface area (Å²) in [5, 5.41) is 8.76. The maximum absolute atomic E-state index is 13.5. The Morgan fingerprint density at radius 2 is 1.84 bits per heavy atom. The van der Waals surface area contributed by atoms with Gasteiger partial charge in [-0.3, -0.25) is 4.79 Å². The Balaban J connectivity index is 2.55. The Bertz CT molecular complexity index is 524. The highest BCUT2D eigenvalue weighted by Gasteiger charge is 2.25. The highest BCUT2D eigenvalue weighted by Crippen LogP contribution is 2.36. The molecule has 0 spiro atoms. The molecule has 102 valence electrons. The number of carbonyl (C=O) groups excluding carboxylic acids is 1. The highest BCUT2D eigenvalue weighted by molar-refractivity contribution is 6.40. The molecule has 19 heavy (non-hydrogen) atoms. The molecule has 0 saturated heterocycles. The van der Waals surface area contributed by atoms with E-state index in [4.69, 9.17) is 14.6 Å². The van der Waals surface area contributed by atoms with Crippen molar-refractivity contribution in [1.29, 1.82) is 0 Å². The van der Waals surface area contributed by atoms with Gasteiger partial charge in [0.05, 0.1) is 13.2 Å². The number of hydrogen-bond acceptors (Lipinski definition) is 4. The maximum Gasteiger partial charge on any atom is 0.377 e. The molecule has 1 aliphatic heterocycles. The van der Waals surface area contributed by atoms with Crippen molar-refractivity contribution in [3.63, 3.8) is 0 Å². The topological polar surface area (TPSA) is 72.8 Å². The van der Waals surface area contributed by atoms with Gasteiger partial charge in [0, 0.05) is 17.5 Å². The Labute approximate surface area is 108 Å². The predicted molar refractivity (Wildman–Crippen MR) is 63.5 cm³/mol. The van der Waals surface area contributed by atoms with Gasteiger partial charge in [0.2, 0.25) is 0 Å². The van der Waals surface area contributed by atoms with Gasteiger partial charge in [0.25, 0.3) is 5.78 Å². The van der Waals surface area contributed by atoms with Crippen LogP contribution in [0.1, 0.15) is 35.4 Å². The zero-order valence-electron chi connectivity index (χ0n) is 10.3. The summed E-state index contributed by atoms with van der Waals surface area (Å²) in [6, 6.07) is 2.57. The fourth-order valence-corrected chi connectivity index (χ4v) is 1.87. The number of carboxylic acids is 1. The van der Waals surface area contributed by atoms with Crippen molar-refractivity contribution in [3.05, 3.63) is 23.3 Å². The lowest BCUT2D eigenvalue weighted by Gasteiger charge is -2.13. The Morgan fingerprint density at radius 3 is 2.37 bits per heavy atom. The normalized spacial score (nSPS) is 15.5. The molecule has 6 heteroatoms. The number of ether oxygens (including phenoxy) is 2. The van der Waals surface area contributed by atoms with Gasteiger partial charge in [0.15, 0.2) is 11.5 Å². The molecule has 0 bridgehead atoms. The van der Waals surface area contributed by atoms with Crippen LogP contribution in [0.4, 0.5) is 4.39 Å². The zero-order valence-corrected chi connectivity index (χ0v) is 10.3. The number of carbonyl (C=O) groups is 2. The van der Waals surface area contributed by atoms with Crippen molar-refractivity contribution in [3.8, 4) is 11.5 Å². The Morgan fingerprint density at radius 1 is 1.26 bits per heavy atom. The minimum Gasteiger partial charge on any atom is -0.490 e. The maximum atomic E-state index is 13.5. The standard InChI is InChI=1S/C13H13FO5/c1-7(14)8-5-10-11(19-4-2-3-18-10)6-9(8)12(15)13(16)17/h5-7H,2-4H2,1H3,(H,16,17). The third-order valence-electron chi connectivity index (χ3n) is 2.79. The zero-order chi connectivity index (χ0) is 14.0. The van der Waals surface area contributed by atoms with E-state index in [9.17, 15) is 14.0 Å². The van der Waals surface area contributed by atoms with Crippen molar-refractivity contribution in [2.75, 3.05) is 13.2 Å². The van der Waals surface area contributed by atoms with Gasteiger partial charge in [-0.05, 0) is 19.1 Å². The van der Waals surface area contributed by atoms with Crippen LogP contribution in [0.5, 0.6) is 11.5 Å². The summed E-state index contributed by atoms with van der Waals surface area (Å²) in [6.07, 6.45) is -0.812. The lowest BCUT2D eigenvalue weighted by atomic mass is 9.99. The van der Waals surface area contributed by atoms with Crippen LogP contribution in [-0.2, 0) is 4.79 Å². The number of fused-ring (bicyclic) bond motifs is 1. The number of benzene rings is 1. The van der Waals surface area contributed by atoms with Gasteiger partial charge in [0.1, 0.15) is 6.17 Å². The molecule has 1 N–H and O–H groups in total. The molecular formula is C13H13FO5. The van der Waals surface area contributed by atoms with Crippen LogP contribution < -0.4 is 9.47 Å². The molecule has 1 heterocycles. The summed E-state index contributed by atoms with van der Waals surface area (Å²) in [5.41, 5.74) is -0.205. The van der Waals surface area contributed by atoms with Crippen molar-refractivity contribution >= 4 is 11.8 Å².